The van der Waals surface area contributed by atoms with Gasteiger partial charge in [0.2, 0.25) is 17.7 Å². The van der Waals surface area contributed by atoms with E-state index >= 15 is 0 Å². The number of methoxy groups -OCH3 is 3. The maximum Gasteiger partial charge on any atom is 0.328 e. The second-order valence-electron chi connectivity index (χ2n) is 15.7. The number of ketones is 1. The van der Waals surface area contributed by atoms with E-state index in [2.05, 4.69) is 24.5 Å². The highest BCUT2D eigenvalue weighted by Gasteiger charge is 2.44. The highest BCUT2D eigenvalue weighted by Crippen LogP contribution is 2.32. The van der Waals surface area contributed by atoms with Crippen LogP contribution in [-0.2, 0) is 44.6 Å². The van der Waals surface area contributed by atoms with Crippen LogP contribution in [0.1, 0.15) is 92.1 Å². The van der Waals surface area contributed by atoms with Gasteiger partial charge in [0.15, 0.2) is 5.78 Å². The maximum absolute atomic E-state index is 14.2. The monoisotopic (exact) mass is 742 g/mol. The van der Waals surface area contributed by atoms with E-state index in [1.165, 1.54) is 14.2 Å². The molecule has 0 aromatic heterocycles. The van der Waals surface area contributed by atoms with Gasteiger partial charge in [-0.25, -0.2) is 4.79 Å². The zero-order valence-electron chi connectivity index (χ0n) is 33.8. The number of rotatable bonds is 20. The van der Waals surface area contributed by atoms with Crippen molar-refractivity contribution < 1.29 is 38.2 Å². The first-order valence-electron chi connectivity index (χ1n) is 19.5. The molecule has 0 aliphatic carbocycles. The number of Topliss-reactive ketones (excluding diaryl/α,β-unsaturated/α-hetero) is 1. The summed E-state index contributed by atoms with van der Waals surface area (Å²) in [5.74, 6) is -2.37. The molecule has 9 atom stereocenters. The molecule has 0 spiro atoms. The molecule has 2 fully saturated rings. The molecule has 0 unspecified atom stereocenters. The van der Waals surface area contributed by atoms with E-state index in [0.29, 0.717) is 13.0 Å². The molecular weight excluding hydrogens is 676 g/mol. The number of ether oxygens (including phenoxy) is 3. The number of nitrogens with one attached hydrogen (secondary N) is 2. The van der Waals surface area contributed by atoms with Crippen molar-refractivity contribution in [2.24, 2.45) is 23.7 Å². The van der Waals surface area contributed by atoms with E-state index in [4.69, 9.17) is 14.2 Å². The standard InChI is InChI=1S/C41H66N4O8/c1-11-27(4)36(44(7)39(49)30(26(2)3)24-34(46)41(6)20-16-21-42-41)33(51-8)25-35(47)45-22-15-19-32(45)37(52-9)28(5)38(48)43-31(40(50)53-10)23-29-17-13-12-14-18-29/h12-14,17-18,26-28,30-33,36-37,42H,11,15-16,19-25H2,1-10H3,(H,43,48)/t27-,28+,30-,31-,32-,33+,36-,37+,41+/m0/s1. The van der Waals surface area contributed by atoms with Crippen molar-refractivity contribution in [3.63, 3.8) is 0 Å². The van der Waals surface area contributed by atoms with Gasteiger partial charge in [0.1, 0.15) is 6.04 Å². The third-order valence-electron chi connectivity index (χ3n) is 11.9. The van der Waals surface area contributed by atoms with Gasteiger partial charge in [-0.2, -0.15) is 0 Å². The number of carbonyl (C=O) groups is 5. The third kappa shape index (κ3) is 11.1. The summed E-state index contributed by atoms with van der Waals surface area (Å²) in [6.45, 7) is 13.0. The van der Waals surface area contributed by atoms with Crippen LogP contribution in [0.4, 0.5) is 0 Å². The predicted octanol–water partition coefficient (Wildman–Crippen LogP) is 4.18. The third-order valence-corrected chi connectivity index (χ3v) is 11.9. The number of benzene rings is 1. The van der Waals surface area contributed by atoms with Crippen molar-refractivity contribution >= 4 is 29.5 Å². The predicted molar refractivity (Wildman–Crippen MR) is 204 cm³/mol. The second kappa shape index (κ2) is 20.4. The molecule has 2 N–H and O–H groups in total. The summed E-state index contributed by atoms with van der Waals surface area (Å²) in [4.78, 5) is 71.7. The normalized spacial score (nSPS) is 22.7. The van der Waals surface area contributed by atoms with Crippen LogP contribution in [0.15, 0.2) is 30.3 Å². The van der Waals surface area contributed by atoms with Crippen molar-refractivity contribution in [3.8, 4) is 0 Å². The van der Waals surface area contributed by atoms with Gasteiger partial charge >= 0.3 is 5.97 Å². The topological polar surface area (TPSA) is 144 Å². The summed E-state index contributed by atoms with van der Waals surface area (Å²) in [5.41, 5.74) is 0.269. The van der Waals surface area contributed by atoms with Gasteiger partial charge in [0, 0.05) is 46.6 Å². The van der Waals surface area contributed by atoms with Crippen LogP contribution in [0.5, 0.6) is 0 Å². The Labute approximate surface area is 317 Å². The zero-order chi connectivity index (χ0) is 39.5. The Kier molecular flexibility index (Phi) is 16.9. The van der Waals surface area contributed by atoms with Gasteiger partial charge in [-0.15, -0.1) is 0 Å². The highest BCUT2D eigenvalue weighted by atomic mass is 16.5. The summed E-state index contributed by atoms with van der Waals surface area (Å²) < 4.78 is 17.0. The summed E-state index contributed by atoms with van der Waals surface area (Å²) in [5, 5.41) is 6.20. The van der Waals surface area contributed by atoms with Crippen molar-refractivity contribution in [2.75, 3.05) is 41.5 Å². The Morgan fingerprint density at radius 1 is 1.00 bits per heavy atom. The van der Waals surface area contributed by atoms with E-state index in [-0.39, 0.29) is 60.6 Å². The molecule has 1 aromatic carbocycles. The molecule has 12 nitrogen and oxygen atoms in total. The number of amides is 3. The molecule has 0 radical (unpaired) electrons. The zero-order valence-corrected chi connectivity index (χ0v) is 33.8. The molecule has 12 heteroatoms. The fraction of sp³-hybridized carbons (Fsp3) is 0.732. The van der Waals surface area contributed by atoms with Gasteiger partial charge < -0.3 is 34.6 Å². The van der Waals surface area contributed by atoms with Crippen molar-refractivity contribution in [1.82, 2.24) is 20.4 Å². The molecule has 298 valence electrons. The molecule has 3 amide bonds. The molecular formula is C41H66N4O8. The molecule has 2 heterocycles. The molecule has 1 aromatic rings. The van der Waals surface area contributed by atoms with Crippen LogP contribution in [0, 0.1) is 23.7 Å². The Morgan fingerprint density at radius 3 is 2.23 bits per heavy atom. The SMILES string of the molecule is CC[C@H](C)[C@@H]([C@@H](CC(=O)N1CCC[C@H]1[C@H](OC)[C@@H](C)C(=O)N[C@@H](Cc1ccccc1)C(=O)OC)OC)N(C)C(=O)[C@@H](CC(=O)[C@@]1(C)CCCN1)C(C)C. The minimum absolute atomic E-state index is 0.00249. The Hall–Kier alpha value is -3.35. The maximum atomic E-state index is 14.2. The van der Waals surface area contributed by atoms with Crippen LogP contribution in [0.2, 0.25) is 0 Å². The molecule has 53 heavy (non-hydrogen) atoms. The lowest BCUT2D eigenvalue weighted by Gasteiger charge is -2.41. The van der Waals surface area contributed by atoms with E-state index < -0.39 is 47.6 Å². The van der Waals surface area contributed by atoms with E-state index in [1.807, 2.05) is 51.1 Å². The van der Waals surface area contributed by atoms with E-state index in [1.54, 1.807) is 30.9 Å². The van der Waals surface area contributed by atoms with Crippen molar-refractivity contribution in [2.45, 2.75) is 129 Å². The van der Waals surface area contributed by atoms with Gasteiger partial charge in [-0.1, -0.05) is 71.4 Å². The van der Waals surface area contributed by atoms with Gasteiger partial charge in [0.05, 0.1) is 49.3 Å². The molecule has 0 saturated carbocycles. The Morgan fingerprint density at radius 2 is 1.68 bits per heavy atom. The lowest BCUT2D eigenvalue weighted by Crippen LogP contribution is -2.55. The number of likely N-dealkylation sites (tertiary alicyclic amines) is 1. The number of hydrogen-bond acceptors (Lipinski definition) is 9. The number of esters is 1. The smallest absolute Gasteiger partial charge is 0.328 e. The molecule has 2 aliphatic rings. The first-order chi connectivity index (χ1) is 25.1. The average Bonchev–Trinajstić information content (AvgIpc) is 3.83. The molecule has 2 saturated heterocycles. The van der Waals surface area contributed by atoms with Crippen molar-refractivity contribution in [3.05, 3.63) is 35.9 Å². The van der Waals surface area contributed by atoms with Crippen molar-refractivity contribution in [1.29, 1.82) is 0 Å². The van der Waals surface area contributed by atoms with Gasteiger partial charge in [0.25, 0.3) is 0 Å². The fourth-order valence-corrected chi connectivity index (χ4v) is 8.22. The van der Waals surface area contributed by atoms with Crippen LogP contribution < -0.4 is 10.6 Å². The quantitative estimate of drug-likeness (QED) is 0.188. The minimum Gasteiger partial charge on any atom is -0.467 e. The van der Waals surface area contributed by atoms with Gasteiger partial charge in [-0.3, -0.25) is 19.2 Å². The lowest BCUT2D eigenvalue weighted by molar-refractivity contribution is -0.149. The Balaban J connectivity index is 1.77. The average molecular weight is 743 g/mol. The lowest BCUT2D eigenvalue weighted by atomic mass is 9.82. The van der Waals surface area contributed by atoms with E-state index in [9.17, 15) is 24.0 Å². The summed E-state index contributed by atoms with van der Waals surface area (Å²) >= 11 is 0. The van der Waals surface area contributed by atoms with Crippen LogP contribution >= 0.6 is 0 Å². The number of likely N-dealkylation sites (N-methyl/N-ethyl adjacent to an activating group) is 1. The van der Waals surface area contributed by atoms with Crippen LogP contribution in [0.25, 0.3) is 0 Å². The molecule has 0 bridgehead atoms. The van der Waals surface area contributed by atoms with Gasteiger partial charge in [-0.05, 0) is 56.6 Å². The summed E-state index contributed by atoms with van der Waals surface area (Å²) in [6.07, 6.45) is 3.06. The van der Waals surface area contributed by atoms with Crippen LogP contribution in [-0.4, -0.2) is 117 Å². The summed E-state index contributed by atoms with van der Waals surface area (Å²) in [7, 11) is 6.17. The summed E-state index contributed by atoms with van der Waals surface area (Å²) in [6, 6.07) is 7.73. The number of nitrogens with zero attached hydrogens (tertiary/aromatic N) is 2. The van der Waals surface area contributed by atoms with Crippen LogP contribution in [0.3, 0.4) is 0 Å². The molecule has 3 rings (SSSR count). The Bertz CT molecular complexity index is 1370. The fourth-order valence-electron chi connectivity index (χ4n) is 8.22. The number of carbonyl (C=O) groups excluding carboxylic acids is 5. The minimum atomic E-state index is -0.883. The van der Waals surface area contributed by atoms with E-state index in [0.717, 1.165) is 37.8 Å². The highest BCUT2D eigenvalue weighted by molar-refractivity contribution is 5.93. The number of hydrogen-bond donors (Lipinski definition) is 2. The first-order valence-corrected chi connectivity index (χ1v) is 19.5. The first kappa shape index (κ1) is 44.0. The second-order valence-corrected chi connectivity index (χ2v) is 15.7. The molecule has 2 aliphatic heterocycles. The largest absolute Gasteiger partial charge is 0.467 e.